The van der Waals surface area contributed by atoms with Gasteiger partial charge in [-0.05, 0) is 51.4 Å². The Balaban J connectivity index is 0.000000257. The van der Waals surface area contributed by atoms with E-state index in [0.717, 1.165) is 23.3 Å². The summed E-state index contributed by atoms with van der Waals surface area (Å²) in [5.41, 5.74) is -7.68. The van der Waals surface area contributed by atoms with E-state index in [1.165, 1.54) is 52.5 Å². The van der Waals surface area contributed by atoms with Gasteiger partial charge in [-0.2, -0.15) is 29.3 Å². The summed E-state index contributed by atoms with van der Waals surface area (Å²) in [6, 6.07) is 12.8. The second-order valence-electron chi connectivity index (χ2n) is 9.40. The molecular formula is C25H22Br2Cl2F4N4O6P2S2. The van der Waals surface area contributed by atoms with Crippen LogP contribution in [0.3, 0.4) is 0 Å². The van der Waals surface area contributed by atoms with Crippen LogP contribution in [-0.2, 0) is 44.8 Å². The van der Waals surface area contributed by atoms with Crippen LogP contribution in [0, 0.1) is 0 Å². The molecule has 0 saturated heterocycles. The molecular weight excluding hydrogens is 885 g/mol. The third-order valence-corrected chi connectivity index (χ3v) is 11.9. The molecule has 10 nitrogen and oxygen atoms in total. The SMILES string of the molecule is Cn1nnnc1SCc1ccc(C(F)(F)P(=O)(O)O)c(Br)c1.O=P(O)(O)C(F)(F)c1ccc(CSCc2ccc(Cl)cc2Cl)cc1Br. The topological polar surface area (TPSA) is 159 Å². The molecule has 0 spiro atoms. The fourth-order valence-corrected chi connectivity index (χ4v) is 8.52. The van der Waals surface area contributed by atoms with E-state index in [4.69, 9.17) is 42.8 Å². The van der Waals surface area contributed by atoms with Crippen molar-refractivity contribution >= 4 is 93.8 Å². The van der Waals surface area contributed by atoms with Gasteiger partial charge in [0.15, 0.2) is 0 Å². The first-order valence-corrected chi connectivity index (χ1v) is 20.2. The van der Waals surface area contributed by atoms with Gasteiger partial charge in [0.05, 0.1) is 0 Å². The Hall–Kier alpha value is -1.01. The molecule has 0 amide bonds. The Bertz CT molecular complexity index is 1840. The van der Waals surface area contributed by atoms with Crippen LogP contribution in [0.1, 0.15) is 27.8 Å². The number of alkyl halides is 4. The van der Waals surface area contributed by atoms with E-state index in [2.05, 4.69) is 47.4 Å². The van der Waals surface area contributed by atoms with Crippen LogP contribution in [0.2, 0.25) is 10.0 Å². The number of aryl methyl sites for hydroxylation is 1. The number of hydrogen-bond acceptors (Lipinski definition) is 7. The van der Waals surface area contributed by atoms with Crippen LogP contribution in [0.5, 0.6) is 0 Å². The van der Waals surface area contributed by atoms with Gasteiger partial charge >= 0.3 is 26.5 Å². The van der Waals surface area contributed by atoms with Crippen molar-refractivity contribution in [3.63, 3.8) is 0 Å². The number of rotatable bonds is 11. The number of tetrazole rings is 1. The molecule has 0 aliphatic carbocycles. The molecule has 0 fully saturated rings. The molecule has 0 radical (unpaired) electrons. The lowest BCUT2D eigenvalue weighted by Gasteiger charge is -2.19. The first-order chi connectivity index (χ1) is 21.6. The van der Waals surface area contributed by atoms with E-state index in [9.17, 15) is 26.7 Å². The molecule has 0 unspecified atom stereocenters. The molecule has 0 aliphatic rings. The van der Waals surface area contributed by atoms with E-state index < -0.39 is 37.6 Å². The van der Waals surface area contributed by atoms with Crippen LogP contribution in [0.4, 0.5) is 17.6 Å². The number of nitrogens with zero attached hydrogens (tertiary/aromatic N) is 4. The molecule has 3 aromatic carbocycles. The summed E-state index contributed by atoms with van der Waals surface area (Å²) in [6.07, 6.45) is 0. The minimum atomic E-state index is -5.60. The monoisotopic (exact) mass is 904 g/mol. The maximum absolute atomic E-state index is 13.8. The van der Waals surface area contributed by atoms with Crippen molar-refractivity contribution in [2.45, 2.75) is 33.7 Å². The van der Waals surface area contributed by atoms with Crippen molar-refractivity contribution in [2.75, 3.05) is 0 Å². The quantitative estimate of drug-likeness (QED) is 0.0647. The predicted octanol–water partition coefficient (Wildman–Crippen LogP) is 8.91. The Labute approximate surface area is 300 Å². The summed E-state index contributed by atoms with van der Waals surface area (Å²) in [5.74, 6) is 1.53. The van der Waals surface area contributed by atoms with Crippen LogP contribution in [-0.4, -0.2) is 39.8 Å². The summed E-state index contributed by atoms with van der Waals surface area (Å²) in [5, 5.41) is 12.6. The Morgan fingerprint density at radius 1 is 0.809 bits per heavy atom. The summed E-state index contributed by atoms with van der Waals surface area (Å²) < 4.78 is 78.2. The Morgan fingerprint density at radius 2 is 1.32 bits per heavy atom. The fraction of sp³-hybridized carbons (Fsp3) is 0.240. The lowest BCUT2D eigenvalue weighted by molar-refractivity contribution is 0.0557. The standard InChI is InChI=1S/C15H12BrCl2F2O3PS.C10H10BrF2N4O3PS/c16-13-5-9(1-4-12(13)15(19,20)24(21,22)23)7-25-8-10-2-3-11(17)6-14(10)18;1-17-9(14-15-16-17)22-5-6-2-3-7(8(11)4-6)10(12,13)21(18,19)20/h1-6H,7-8H2,(H2,21,22,23);2-4H,5H2,1H3,(H2,18,19,20). The Morgan fingerprint density at radius 3 is 1.74 bits per heavy atom. The fourth-order valence-electron chi connectivity index (χ4n) is 3.51. The molecule has 0 bridgehead atoms. The van der Waals surface area contributed by atoms with E-state index >= 15 is 0 Å². The van der Waals surface area contributed by atoms with E-state index in [-0.39, 0.29) is 8.95 Å². The molecule has 4 N–H and O–H groups in total. The van der Waals surface area contributed by atoms with Crippen LogP contribution >= 0.6 is 93.8 Å². The van der Waals surface area contributed by atoms with Crippen LogP contribution in [0.15, 0.2) is 68.7 Å². The summed E-state index contributed by atoms with van der Waals surface area (Å²) in [7, 11) is -9.52. The third kappa shape index (κ3) is 10.5. The molecule has 0 aliphatic heterocycles. The highest BCUT2D eigenvalue weighted by Gasteiger charge is 2.52. The zero-order valence-corrected chi connectivity index (χ0v) is 31.6. The highest BCUT2D eigenvalue weighted by atomic mass is 79.9. The van der Waals surface area contributed by atoms with Crippen LogP contribution in [0.25, 0.3) is 0 Å². The molecule has 0 atom stereocenters. The molecule has 1 aromatic heterocycles. The molecule has 4 aromatic rings. The van der Waals surface area contributed by atoms with Gasteiger partial charge < -0.3 is 19.6 Å². The van der Waals surface area contributed by atoms with Crippen LogP contribution < -0.4 is 0 Å². The predicted molar refractivity (Wildman–Crippen MR) is 180 cm³/mol. The van der Waals surface area contributed by atoms with Crippen molar-refractivity contribution < 1.29 is 46.3 Å². The van der Waals surface area contributed by atoms with Gasteiger partial charge in [0.25, 0.3) is 0 Å². The summed E-state index contributed by atoms with van der Waals surface area (Å²) in [4.78, 5) is 35.2. The average Bonchev–Trinajstić information content (AvgIpc) is 3.36. The van der Waals surface area contributed by atoms with E-state index in [0.29, 0.717) is 38.0 Å². The van der Waals surface area contributed by atoms with Gasteiger partial charge in [-0.25, -0.2) is 4.68 Å². The molecule has 47 heavy (non-hydrogen) atoms. The van der Waals surface area contributed by atoms with Gasteiger partial charge in [-0.3, -0.25) is 9.13 Å². The minimum Gasteiger partial charge on any atom is -0.320 e. The second-order valence-corrected chi connectivity index (χ2v) is 17.2. The van der Waals surface area contributed by atoms with E-state index in [1.54, 1.807) is 19.2 Å². The average molecular weight is 907 g/mol. The highest BCUT2D eigenvalue weighted by Crippen LogP contribution is 2.61. The molecule has 4 rings (SSSR count). The number of aromatic nitrogens is 4. The lowest BCUT2D eigenvalue weighted by Crippen LogP contribution is -2.14. The maximum atomic E-state index is 13.8. The molecule has 256 valence electrons. The largest absolute Gasteiger partial charge is 0.399 e. The highest BCUT2D eigenvalue weighted by molar-refractivity contribution is 9.10. The summed E-state index contributed by atoms with van der Waals surface area (Å²) in [6.45, 7) is 0. The molecule has 22 heteroatoms. The van der Waals surface area contributed by atoms with Gasteiger partial charge in [0.1, 0.15) is 0 Å². The number of thioether (sulfide) groups is 2. The van der Waals surface area contributed by atoms with Gasteiger partial charge in [0, 0.05) is 54.4 Å². The number of halogens is 8. The first-order valence-electron chi connectivity index (χ1n) is 12.5. The van der Waals surface area contributed by atoms with Crippen molar-refractivity contribution in [2.24, 2.45) is 7.05 Å². The van der Waals surface area contributed by atoms with Gasteiger partial charge in [-0.15, -0.1) is 5.10 Å². The number of hydrogen-bond donors (Lipinski definition) is 4. The van der Waals surface area contributed by atoms with Crippen molar-refractivity contribution in [3.8, 4) is 0 Å². The lowest BCUT2D eigenvalue weighted by atomic mass is 10.1. The zero-order valence-electron chi connectivity index (χ0n) is 23.4. The second kappa shape index (κ2) is 16.3. The molecule has 1 heterocycles. The van der Waals surface area contributed by atoms with Crippen molar-refractivity contribution in [1.29, 1.82) is 0 Å². The minimum absolute atomic E-state index is 0.0524. The summed E-state index contributed by atoms with van der Waals surface area (Å²) >= 11 is 20.6. The zero-order chi connectivity index (χ0) is 35.4. The normalized spacial score (nSPS) is 12.5. The molecule has 0 saturated carbocycles. The maximum Gasteiger partial charge on any atom is 0.399 e. The number of benzene rings is 3. The van der Waals surface area contributed by atoms with Gasteiger partial charge in [0.2, 0.25) is 5.16 Å². The third-order valence-electron chi connectivity index (χ3n) is 5.94. The van der Waals surface area contributed by atoms with E-state index in [1.807, 2.05) is 6.07 Å². The van der Waals surface area contributed by atoms with Crippen molar-refractivity contribution in [3.05, 3.63) is 101 Å². The smallest absolute Gasteiger partial charge is 0.320 e. The van der Waals surface area contributed by atoms with Crippen molar-refractivity contribution in [1.82, 2.24) is 20.2 Å². The Kier molecular flexibility index (Phi) is 14.1. The first kappa shape index (κ1) is 40.4. The van der Waals surface area contributed by atoms with Gasteiger partial charge in [-0.1, -0.05) is 97.2 Å².